The zero-order chi connectivity index (χ0) is 12.5. The molecule has 0 saturated heterocycles. The minimum absolute atomic E-state index is 0.626. The molecule has 0 unspecified atom stereocenters. The number of benzene rings is 3. The minimum Gasteiger partial charge on any atom is -0.397 e. The Bertz CT molecular complexity index is 717. The Morgan fingerprint density at radius 3 is 2.28 bits per heavy atom. The van der Waals surface area contributed by atoms with Crippen LogP contribution in [0.3, 0.4) is 0 Å². The fourth-order valence-electron chi connectivity index (χ4n) is 2.19. The van der Waals surface area contributed by atoms with Crippen molar-refractivity contribution >= 4 is 22.1 Å². The van der Waals surface area contributed by atoms with Crippen molar-refractivity contribution in [2.75, 3.05) is 11.5 Å². The molecule has 0 heterocycles. The van der Waals surface area contributed by atoms with Crippen molar-refractivity contribution in [3.05, 3.63) is 60.7 Å². The molecule has 2 heteroatoms. The van der Waals surface area contributed by atoms with Crippen molar-refractivity contribution in [2.45, 2.75) is 0 Å². The lowest BCUT2D eigenvalue weighted by Crippen LogP contribution is -1.96. The van der Waals surface area contributed by atoms with Gasteiger partial charge in [-0.1, -0.05) is 48.5 Å². The molecule has 0 saturated carbocycles. The van der Waals surface area contributed by atoms with Gasteiger partial charge < -0.3 is 11.5 Å². The number of rotatable bonds is 1. The number of anilines is 2. The van der Waals surface area contributed by atoms with E-state index in [2.05, 4.69) is 30.3 Å². The molecular formula is C16H14N2. The Labute approximate surface area is 106 Å². The lowest BCUT2D eigenvalue weighted by molar-refractivity contribution is 1.62. The lowest BCUT2D eigenvalue weighted by Gasteiger charge is -2.09. The highest BCUT2D eigenvalue weighted by atomic mass is 14.7. The van der Waals surface area contributed by atoms with Crippen LogP contribution in [0.5, 0.6) is 0 Å². The molecular weight excluding hydrogens is 220 g/mol. The Hall–Kier alpha value is -2.48. The topological polar surface area (TPSA) is 52.0 Å². The van der Waals surface area contributed by atoms with Crippen LogP contribution in [-0.2, 0) is 0 Å². The molecule has 0 aliphatic rings. The van der Waals surface area contributed by atoms with E-state index < -0.39 is 0 Å². The maximum atomic E-state index is 6.03. The van der Waals surface area contributed by atoms with Crippen LogP contribution in [0.4, 0.5) is 11.4 Å². The molecule has 0 bridgehead atoms. The van der Waals surface area contributed by atoms with Crippen LogP contribution in [-0.4, -0.2) is 0 Å². The van der Waals surface area contributed by atoms with Gasteiger partial charge in [0.15, 0.2) is 0 Å². The number of nitrogen functional groups attached to an aromatic ring is 2. The molecule has 0 aromatic heterocycles. The van der Waals surface area contributed by atoms with Crippen LogP contribution in [0.2, 0.25) is 0 Å². The highest BCUT2D eigenvalue weighted by Gasteiger charge is 2.05. The van der Waals surface area contributed by atoms with Gasteiger partial charge in [0.05, 0.1) is 11.4 Å². The number of fused-ring (bicyclic) bond motifs is 1. The fourth-order valence-corrected chi connectivity index (χ4v) is 2.19. The summed E-state index contributed by atoms with van der Waals surface area (Å²) in [6, 6.07) is 20.3. The maximum absolute atomic E-state index is 6.03. The van der Waals surface area contributed by atoms with Crippen molar-refractivity contribution < 1.29 is 0 Å². The maximum Gasteiger partial charge on any atom is 0.0627 e. The summed E-state index contributed by atoms with van der Waals surface area (Å²) in [5, 5.41) is 2.43. The van der Waals surface area contributed by atoms with Crippen molar-refractivity contribution in [1.82, 2.24) is 0 Å². The standard InChI is InChI=1S/C16H14N2/c17-15-7-3-6-14(16(15)18)13-9-8-11-4-1-2-5-12(11)10-13/h1-10H,17-18H2. The van der Waals surface area contributed by atoms with E-state index in [4.69, 9.17) is 11.5 Å². The Morgan fingerprint density at radius 2 is 1.44 bits per heavy atom. The second kappa shape index (κ2) is 4.08. The van der Waals surface area contributed by atoms with E-state index >= 15 is 0 Å². The molecule has 0 aliphatic carbocycles. The number of hydrogen-bond acceptors (Lipinski definition) is 2. The number of para-hydroxylation sites is 1. The second-order valence-electron chi connectivity index (χ2n) is 4.37. The molecule has 0 fully saturated rings. The molecule has 0 aliphatic heterocycles. The molecule has 3 rings (SSSR count). The first kappa shape index (κ1) is 10.7. The summed E-state index contributed by atoms with van der Waals surface area (Å²) in [6.45, 7) is 0. The minimum atomic E-state index is 0.626. The predicted molar refractivity (Wildman–Crippen MR) is 78.2 cm³/mol. The van der Waals surface area contributed by atoms with E-state index in [-0.39, 0.29) is 0 Å². The summed E-state index contributed by atoms with van der Waals surface area (Å²) in [5.74, 6) is 0. The molecule has 0 spiro atoms. The third-order valence-corrected chi connectivity index (χ3v) is 3.20. The SMILES string of the molecule is Nc1cccc(-c2ccc3ccccc3c2)c1N. The highest BCUT2D eigenvalue weighted by molar-refractivity contribution is 5.91. The highest BCUT2D eigenvalue weighted by Crippen LogP contribution is 2.31. The second-order valence-corrected chi connectivity index (χ2v) is 4.37. The molecule has 0 radical (unpaired) electrons. The molecule has 88 valence electrons. The Morgan fingerprint density at radius 1 is 0.667 bits per heavy atom. The van der Waals surface area contributed by atoms with Gasteiger partial charge in [0.2, 0.25) is 0 Å². The zero-order valence-corrected chi connectivity index (χ0v) is 9.93. The van der Waals surface area contributed by atoms with Crippen molar-refractivity contribution in [1.29, 1.82) is 0 Å². The third kappa shape index (κ3) is 1.68. The van der Waals surface area contributed by atoms with Gasteiger partial charge in [-0.05, 0) is 28.5 Å². The van der Waals surface area contributed by atoms with E-state index in [0.29, 0.717) is 11.4 Å². The largest absolute Gasteiger partial charge is 0.397 e. The normalized spacial score (nSPS) is 10.7. The van der Waals surface area contributed by atoms with Gasteiger partial charge in [-0.25, -0.2) is 0 Å². The van der Waals surface area contributed by atoms with Gasteiger partial charge in [-0.2, -0.15) is 0 Å². The summed E-state index contributed by atoms with van der Waals surface area (Å²) in [4.78, 5) is 0. The van der Waals surface area contributed by atoms with Crippen LogP contribution >= 0.6 is 0 Å². The number of nitrogens with two attached hydrogens (primary N) is 2. The Kier molecular flexibility index (Phi) is 2.41. The number of hydrogen-bond donors (Lipinski definition) is 2. The van der Waals surface area contributed by atoms with Crippen molar-refractivity contribution in [3.63, 3.8) is 0 Å². The monoisotopic (exact) mass is 234 g/mol. The molecule has 4 N–H and O–H groups in total. The third-order valence-electron chi connectivity index (χ3n) is 3.20. The first-order chi connectivity index (χ1) is 8.75. The van der Waals surface area contributed by atoms with Gasteiger partial charge >= 0.3 is 0 Å². The molecule has 3 aromatic carbocycles. The van der Waals surface area contributed by atoms with Crippen molar-refractivity contribution in [2.24, 2.45) is 0 Å². The van der Waals surface area contributed by atoms with E-state index in [0.717, 1.165) is 11.1 Å². The first-order valence-electron chi connectivity index (χ1n) is 5.89. The predicted octanol–water partition coefficient (Wildman–Crippen LogP) is 3.67. The molecule has 0 atom stereocenters. The van der Waals surface area contributed by atoms with E-state index in [1.54, 1.807) is 0 Å². The Balaban J connectivity index is 2.22. The van der Waals surface area contributed by atoms with Gasteiger partial charge in [0, 0.05) is 5.56 Å². The molecule has 2 nitrogen and oxygen atoms in total. The van der Waals surface area contributed by atoms with Crippen LogP contribution in [0.1, 0.15) is 0 Å². The van der Waals surface area contributed by atoms with Crippen molar-refractivity contribution in [3.8, 4) is 11.1 Å². The smallest absolute Gasteiger partial charge is 0.0627 e. The average Bonchev–Trinajstić information content (AvgIpc) is 2.41. The molecule has 3 aromatic rings. The summed E-state index contributed by atoms with van der Waals surface area (Å²) >= 11 is 0. The first-order valence-corrected chi connectivity index (χ1v) is 5.89. The van der Waals surface area contributed by atoms with Crippen LogP contribution in [0.15, 0.2) is 60.7 Å². The van der Waals surface area contributed by atoms with E-state index in [9.17, 15) is 0 Å². The van der Waals surface area contributed by atoms with Crippen LogP contribution in [0, 0.1) is 0 Å². The van der Waals surface area contributed by atoms with E-state index in [1.165, 1.54) is 10.8 Å². The van der Waals surface area contributed by atoms with Gasteiger partial charge in [-0.3, -0.25) is 0 Å². The summed E-state index contributed by atoms with van der Waals surface area (Å²) < 4.78 is 0. The average molecular weight is 234 g/mol. The van der Waals surface area contributed by atoms with Gasteiger partial charge in [0.25, 0.3) is 0 Å². The summed E-state index contributed by atoms with van der Waals surface area (Å²) in [7, 11) is 0. The summed E-state index contributed by atoms with van der Waals surface area (Å²) in [5.41, 5.74) is 15.2. The fraction of sp³-hybridized carbons (Fsp3) is 0. The van der Waals surface area contributed by atoms with E-state index in [1.807, 2.05) is 30.3 Å². The zero-order valence-electron chi connectivity index (χ0n) is 9.93. The lowest BCUT2D eigenvalue weighted by atomic mass is 9.99. The quantitative estimate of drug-likeness (QED) is 0.631. The van der Waals surface area contributed by atoms with Gasteiger partial charge in [-0.15, -0.1) is 0 Å². The molecule has 0 amide bonds. The van der Waals surface area contributed by atoms with Gasteiger partial charge in [0.1, 0.15) is 0 Å². The van der Waals surface area contributed by atoms with Crippen LogP contribution in [0.25, 0.3) is 21.9 Å². The van der Waals surface area contributed by atoms with Crippen LogP contribution < -0.4 is 11.5 Å². The molecule has 18 heavy (non-hydrogen) atoms. The summed E-state index contributed by atoms with van der Waals surface area (Å²) in [6.07, 6.45) is 0.